The van der Waals surface area contributed by atoms with E-state index in [1.165, 1.54) is 33.4 Å². The maximum absolute atomic E-state index is 4.54. The third kappa shape index (κ3) is 2.61. The Morgan fingerprint density at radius 1 is 0.909 bits per heavy atom. The standard InChI is InChI=1S/C20H22N2/c1-13-7-5-8-14(2)19(13)17-11-18(22-12-21-17)20-15(3)9-6-10-16(20)4/h5,7-9,11-12H,6,10H2,1-4H3. The lowest BCUT2D eigenvalue weighted by Crippen LogP contribution is -2.01. The van der Waals surface area contributed by atoms with Gasteiger partial charge < -0.3 is 0 Å². The molecule has 1 aromatic heterocycles. The van der Waals surface area contributed by atoms with E-state index < -0.39 is 0 Å². The number of aromatic nitrogens is 2. The molecule has 3 rings (SSSR count). The molecule has 0 aliphatic heterocycles. The molecule has 2 nitrogen and oxygen atoms in total. The largest absolute Gasteiger partial charge is 0.236 e. The minimum absolute atomic E-state index is 1.01. The summed E-state index contributed by atoms with van der Waals surface area (Å²) < 4.78 is 0. The van der Waals surface area contributed by atoms with E-state index in [1.807, 2.05) is 0 Å². The fraction of sp³-hybridized carbons (Fsp3) is 0.300. The molecule has 0 saturated carbocycles. The van der Waals surface area contributed by atoms with Crippen LogP contribution >= 0.6 is 0 Å². The molecule has 22 heavy (non-hydrogen) atoms. The van der Waals surface area contributed by atoms with Crippen molar-refractivity contribution in [1.29, 1.82) is 0 Å². The molecule has 112 valence electrons. The van der Waals surface area contributed by atoms with Gasteiger partial charge in [0.2, 0.25) is 0 Å². The Labute approximate surface area is 132 Å². The van der Waals surface area contributed by atoms with E-state index in [0.29, 0.717) is 0 Å². The zero-order valence-electron chi connectivity index (χ0n) is 13.8. The topological polar surface area (TPSA) is 25.8 Å². The van der Waals surface area contributed by atoms with Gasteiger partial charge in [0, 0.05) is 11.1 Å². The molecule has 0 fully saturated rings. The summed E-state index contributed by atoms with van der Waals surface area (Å²) in [6, 6.07) is 8.51. The number of rotatable bonds is 2. The first kappa shape index (κ1) is 14.7. The van der Waals surface area contributed by atoms with Crippen molar-refractivity contribution in [2.45, 2.75) is 40.5 Å². The van der Waals surface area contributed by atoms with Crippen molar-refractivity contribution in [3.8, 4) is 11.3 Å². The highest BCUT2D eigenvalue weighted by Crippen LogP contribution is 2.33. The van der Waals surface area contributed by atoms with Gasteiger partial charge >= 0.3 is 0 Å². The smallest absolute Gasteiger partial charge is 0.116 e. The molecule has 1 aliphatic rings. The average molecular weight is 290 g/mol. The summed E-state index contributed by atoms with van der Waals surface area (Å²) in [5, 5.41) is 0. The van der Waals surface area contributed by atoms with Crippen LogP contribution in [0, 0.1) is 13.8 Å². The Morgan fingerprint density at radius 3 is 2.27 bits per heavy atom. The fourth-order valence-corrected chi connectivity index (χ4v) is 3.34. The van der Waals surface area contributed by atoms with Crippen LogP contribution in [-0.4, -0.2) is 9.97 Å². The molecule has 1 aromatic carbocycles. The molecule has 0 bridgehead atoms. The first-order valence-electron chi connectivity index (χ1n) is 7.84. The number of hydrogen-bond acceptors (Lipinski definition) is 2. The molecule has 0 spiro atoms. The molecule has 0 radical (unpaired) electrons. The van der Waals surface area contributed by atoms with Crippen LogP contribution in [0.4, 0.5) is 0 Å². The van der Waals surface area contributed by atoms with Gasteiger partial charge in [-0.25, -0.2) is 9.97 Å². The minimum atomic E-state index is 1.01. The van der Waals surface area contributed by atoms with Crippen LogP contribution in [0.1, 0.15) is 43.5 Å². The van der Waals surface area contributed by atoms with E-state index in [1.54, 1.807) is 6.33 Å². The molecule has 1 heterocycles. The lowest BCUT2D eigenvalue weighted by molar-refractivity contribution is 0.948. The van der Waals surface area contributed by atoms with Crippen molar-refractivity contribution in [1.82, 2.24) is 9.97 Å². The van der Waals surface area contributed by atoms with Crippen molar-refractivity contribution >= 4 is 5.57 Å². The summed E-state index contributed by atoms with van der Waals surface area (Å²) in [4.78, 5) is 9.06. The second kappa shape index (κ2) is 5.88. The molecule has 1 aliphatic carbocycles. The Balaban J connectivity index is 2.14. The summed E-state index contributed by atoms with van der Waals surface area (Å²) in [5.74, 6) is 0. The number of allylic oxidation sites excluding steroid dienone is 4. The summed E-state index contributed by atoms with van der Waals surface area (Å²) in [7, 11) is 0. The maximum Gasteiger partial charge on any atom is 0.116 e. The summed E-state index contributed by atoms with van der Waals surface area (Å²) in [6.07, 6.45) is 6.26. The van der Waals surface area contributed by atoms with E-state index >= 15 is 0 Å². The zero-order valence-corrected chi connectivity index (χ0v) is 13.8. The molecule has 0 N–H and O–H groups in total. The molecule has 0 saturated heterocycles. The highest BCUT2D eigenvalue weighted by molar-refractivity contribution is 5.81. The Hall–Kier alpha value is -2.22. The van der Waals surface area contributed by atoms with Gasteiger partial charge in [-0.3, -0.25) is 0 Å². The van der Waals surface area contributed by atoms with E-state index in [4.69, 9.17) is 0 Å². The summed E-state index contributed by atoms with van der Waals surface area (Å²) in [6.45, 7) is 8.67. The van der Waals surface area contributed by atoms with Crippen LogP contribution in [0.15, 0.2) is 47.8 Å². The van der Waals surface area contributed by atoms with Crippen molar-refractivity contribution in [2.75, 3.05) is 0 Å². The lowest BCUT2D eigenvalue weighted by Gasteiger charge is -2.18. The van der Waals surface area contributed by atoms with Crippen molar-refractivity contribution in [3.63, 3.8) is 0 Å². The normalized spacial score (nSPS) is 15.0. The average Bonchev–Trinajstić information content (AvgIpc) is 2.47. The van der Waals surface area contributed by atoms with Gasteiger partial charge in [-0.2, -0.15) is 0 Å². The van der Waals surface area contributed by atoms with Crippen LogP contribution in [0.3, 0.4) is 0 Å². The van der Waals surface area contributed by atoms with Crippen LogP contribution in [0.2, 0.25) is 0 Å². The number of benzene rings is 1. The Bertz CT molecular complexity index is 762. The van der Waals surface area contributed by atoms with Crippen LogP contribution in [-0.2, 0) is 0 Å². The number of hydrogen-bond donors (Lipinski definition) is 0. The van der Waals surface area contributed by atoms with Gasteiger partial charge in [0.1, 0.15) is 6.33 Å². The second-order valence-electron chi connectivity index (χ2n) is 6.14. The molecule has 2 aromatic rings. The van der Waals surface area contributed by atoms with Gasteiger partial charge in [0.25, 0.3) is 0 Å². The van der Waals surface area contributed by atoms with Gasteiger partial charge in [0.15, 0.2) is 0 Å². The van der Waals surface area contributed by atoms with Gasteiger partial charge in [-0.05, 0) is 63.3 Å². The molecule has 2 heteroatoms. The second-order valence-corrected chi connectivity index (χ2v) is 6.14. The highest BCUT2D eigenvalue weighted by atomic mass is 14.8. The predicted octanol–water partition coefficient (Wildman–Crippen LogP) is 5.27. The van der Waals surface area contributed by atoms with E-state index in [2.05, 4.69) is 68.0 Å². The Morgan fingerprint density at radius 2 is 1.59 bits per heavy atom. The van der Waals surface area contributed by atoms with Crippen molar-refractivity contribution in [3.05, 3.63) is 64.6 Å². The molecular formula is C20H22N2. The summed E-state index contributed by atoms with van der Waals surface area (Å²) >= 11 is 0. The molecule has 0 atom stereocenters. The zero-order chi connectivity index (χ0) is 15.7. The molecule has 0 amide bonds. The Kier molecular flexibility index (Phi) is 3.93. The van der Waals surface area contributed by atoms with Gasteiger partial charge in [-0.15, -0.1) is 0 Å². The first-order valence-corrected chi connectivity index (χ1v) is 7.84. The minimum Gasteiger partial charge on any atom is -0.236 e. The predicted molar refractivity (Wildman–Crippen MR) is 92.5 cm³/mol. The van der Waals surface area contributed by atoms with Crippen LogP contribution in [0.5, 0.6) is 0 Å². The quantitative estimate of drug-likeness (QED) is 0.752. The van der Waals surface area contributed by atoms with Crippen LogP contribution in [0.25, 0.3) is 16.8 Å². The van der Waals surface area contributed by atoms with Crippen LogP contribution < -0.4 is 0 Å². The van der Waals surface area contributed by atoms with Gasteiger partial charge in [-0.1, -0.05) is 29.8 Å². The third-order valence-corrected chi connectivity index (χ3v) is 4.45. The SMILES string of the molecule is CC1=CCCC(C)=C1c1cc(-c2c(C)cccc2C)ncn1. The van der Waals surface area contributed by atoms with E-state index in [0.717, 1.165) is 24.2 Å². The first-order chi connectivity index (χ1) is 10.6. The molecule has 0 unspecified atom stereocenters. The van der Waals surface area contributed by atoms with E-state index in [-0.39, 0.29) is 0 Å². The fourth-order valence-electron chi connectivity index (χ4n) is 3.34. The van der Waals surface area contributed by atoms with Gasteiger partial charge in [0.05, 0.1) is 11.4 Å². The van der Waals surface area contributed by atoms with E-state index in [9.17, 15) is 0 Å². The third-order valence-electron chi connectivity index (χ3n) is 4.45. The summed E-state index contributed by atoms with van der Waals surface area (Å²) in [5.41, 5.74) is 9.83. The number of nitrogens with zero attached hydrogens (tertiary/aromatic N) is 2. The van der Waals surface area contributed by atoms with Crippen molar-refractivity contribution < 1.29 is 0 Å². The monoisotopic (exact) mass is 290 g/mol. The highest BCUT2D eigenvalue weighted by Gasteiger charge is 2.15. The maximum atomic E-state index is 4.54. The molecular weight excluding hydrogens is 268 g/mol. The van der Waals surface area contributed by atoms with Crippen molar-refractivity contribution in [2.24, 2.45) is 0 Å². The number of aryl methyl sites for hydroxylation is 2. The lowest BCUT2D eigenvalue weighted by atomic mass is 9.89.